The molecule has 246 valence electrons. The minimum Gasteiger partial charge on any atom is -0.504 e. The molecule has 1 saturated carbocycles. The lowest BCUT2D eigenvalue weighted by atomic mass is 9.54. The first kappa shape index (κ1) is 32.7. The van der Waals surface area contributed by atoms with Crippen LogP contribution < -0.4 is 10.1 Å². The van der Waals surface area contributed by atoms with Crippen LogP contribution in [0.3, 0.4) is 0 Å². The van der Waals surface area contributed by atoms with Gasteiger partial charge in [0.2, 0.25) is 6.10 Å². The Morgan fingerprint density at radius 3 is 2.13 bits per heavy atom. The molecule has 13 nitrogen and oxygen atoms in total. The predicted octanol–water partition coefficient (Wildman–Crippen LogP) is 3.12. The fourth-order valence-electron chi connectivity index (χ4n) is 6.44. The molecule has 0 unspecified atom stereocenters. The number of ether oxygens (including phenoxy) is 2. The first-order valence-corrected chi connectivity index (χ1v) is 14.5. The lowest BCUT2D eigenvalue weighted by Crippen LogP contribution is -2.59. The van der Waals surface area contributed by atoms with Gasteiger partial charge in [-0.05, 0) is 65.2 Å². The number of aliphatic carboxylic acids is 2. The maximum Gasteiger partial charge on any atom is 0.345 e. The van der Waals surface area contributed by atoms with E-state index in [1.165, 1.54) is 43.5 Å². The van der Waals surface area contributed by atoms with E-state index >= 15 is 0 Å². The van der Waals surface area contributed by atoms with E-state index in [0.717, 1.165) is 12.1 Å². The van der Waals surface area contributed by atoms with E-state index in [9.17, 15) is 50.1 Å². The summed E-state index contributed by atoms with van der Waals surface area (Å²) >= 11 is 0. The van der Waals surface area contributed by atoms with Crippen LogP contribution in [-0.2, 0) is 25.5 Å². The Labute approximate surface area is 268 Å². The number of phenols is 4. The van der Waals surface area contributed by atoms with Gasteiger partial charge in [0.1, 0.15) is 5.75 Å². The molecule has 3 aliphatic rings. The van der Waals surface area contributed by atoms with E-state index in [-0.39, 0.29) is 17.7 Å². The van der Waals surface area contributed by atoms with Crippen molar-refractivity contribution in [3.63, 3.8) is 0 Å². The largest absolute Gasteiger partial charge is 0.504 e. The third kappa shape index (κ3) is 6.79. The van der Waals surface area contributed by atoms with Gasteiger partial charge in [0.15, 0.2) is 23.0 Å². The molecule has 2 bridgehead atoms. The van der Waals surface area contributed by atoms with Gasteiger partial charge < -0.3 is 50.5 Å². The number of esters is 1. The van der Waals surface area contributed by atoms with Gasteiger partial charge in [-0.3, -0.25) is 4.79 Å². The molecule has 3 aliphatic carbocycles. The van der Waals surface area contributed by atoms with Crippen molar-refractivity contribution in [1.82, 2.24) is 0 Å². The number of carbonyl (C=O) groups excluding carboxylic acids is 1. The van der Waals surface area contributed by atoms with Gasteiger partial charge in [-0.25, -0.2) is 9.59 Å². The third-order valence-electron chi connectivity index (χ3n) is 8.61. The van der Waals surface area contributed by atoms with Crippen molar-refractivity contribution < 1.29 is 59.6 Å². The molecular weight excluding hydrogens is 614 g/mol. The molecule has 6 rings (SSSR count). The molecule has 0 heterocycles. The number of nitrogens with one attached hydrogen (secondary N) is 1. The zero-order valence-corrected chi connectivity index (χ0v) is 24.9. The molecule has 0 saturated heterocycles. The van der Waals surface area contributed by atoms with Gasteiger partial charge in [0.05, 0.1) is 25.2 Å². The van der Waals surface area contributed by atoms with E-state index in [4.69, 9.17) is 9.47 Å². The summed E-state index contributed by atoms with van der Waals surface area (Å²) in [5, 5.41) is 74.3. The number of aromatic hydroxyl groups is 4. The number of aliphatic hydroxyl groups excluding tert-OH is 1. The van der Waals surface area contributed by atoms with E-state index in [1.807, 2.05) is 0 Å². The zero-order valence-electron chi connectivity index (χ0n) is 24.9. The second-order valence-corrected chi connectivity index (χ2v) is 11.4. The van der Waals surface area contributed by atoms with Crippen molar-refractivity contribution >= 4 is 23.6 Å². The van der Waals surface area contributed by atoms with Gasteiger partial charge >= 0.3 is 17.9 Å². The molecule has 3 aromatic carbocycles. The second-order valence-electron chi connectivity index (χ2n) is 11.4. The standard InChI is InChI=1S/C34H33NO12/c1-46-20-7-5-19(6-8-20)35-31-29-17(4-11-27(40)47-26(33(42)43)13-16-2-9-22(36)24(38)12-16)14-21(32(31)41)28(30(29)34(44)45)18-3-10-23(37)25(39)15-18/h2-12,14-15,21,26,28-32,35-39,41H,13H2,1H3,(H,42,43)(H,44,45)/b11-4+/t21-,26-,28+,29+,30-,31+,32-/m1/s1. The highest BCUT2D eigenvalue weighted by Crippen LogP contribution is 2.54. The Bertz CT molecular complexity index is 1730. The molecule has 0 radical (unpaired) electrons. The van der Waals surface area contributed by atoms with Crippen LogP contribution in [0.2, 0.25) is 0 Å². The predicted molar refractivity (Wildman–Crippen MR) is 165 cm³/mol. The smallest absolute Gasteiger partial charge is 0.345 e. The van der Waals surface area contributed by atoms with Gasteiger partial charge in [0, 0.05) is 35.9 Å². The van der Waals surface area contributed by atoms with Gasteiger partial charge in [-0.1, -0.05) is 24.3 Å². The first-order valence-electron chi connectivity index (χ1n) is 14.5. The van der Waals surface area contributed by atoms with E-state index in [0.29, 0.717) is 22.6 Å². The summed E-state index contributed by atoms with van der Waals surface area (Å²) in [7, 11) is 1.51. The highest BCUT2D eigenvalue weighted by Gasteiger charge is 2.57. The lowest BCUT2D eigenvalue weighted by Gasteiger charge is -2.53. The van der Waals surface area contributed by atoms with E-state index in [2.05, 4.69) is 5.32 Å². The highest BCUT2D eigenvalue weighted by molar-refractivity contribution is 5.86. The molecule has 3 aromatic rings. The van der Waals surface area contributed by atoms with Crippen molar-refractivity contribution in [2.75, 3.05) is 12.4 Å². The fourth-order valence-corrected chi connectivity index (χ4v) is 6.44. The summed E-state index contributed by atoms with van der Waals surface area (Å²) in [5.41, 5.74) is 1.62. The molecule has 0 amide bonds. The van der Waals surface area contributed by atoms with Crippen LogP contribution in [0.25, 0.3) is 0 Å². The quantitative estimate of drug-likeness (QED) is 0.0852. The number of allylic oxidation sites excluding steroid dienone is 1. The molecule has 1 fully saturated rings. The summed E-state index contributed by atoms with van der Waals surface area (Å²) in [6.07, 6.45) is 0.887. The van der Waals surface area contributed by atoms with E-state index in [1.54, 1.807) is 30.3 Å². The molecule has 0 aromatic heterocycles. The lowest BCUT2D eigenvalue weighted by molar-refractivity contribution is -0.160. The van der Waals surface area contributed by atoms with Crippen LogP contribution in [-0.4, -0.2) is 79.0 Å². The summed E-state index contributed by atoms with van der Waals surface area (Å²) in [6.45, 7) is 0. The number of carboxylic acids is 2. The number of anilines is 1. The van der Waals surface area contributed by atoms with Crippen LogP contribution >= 0.6 is 0 Å². The summed E-state index contributed by atoms with van der Waals surface area (Å²) in [5.74, 6) is -8.55. The van der Waals surface area contributed by atoms with Gasteiger partial charge in [-0.2, -0.15) is 0 Å². The fraction of sp³-hybridized carbons (Fsp3) is 0.265. The van der Waals surface area contributed by atoms with Crippen LogP contribution in [0.4, 0.5) is 5.69 Å². The number of hydrogen-bond acceptors (Lipinski definition) is 11. The van der Waals surface area contributed by atoms with Crippen LogP contribution in [0.1, 0.15) is 17.0 Å². The summed E-state index contributed by atoms with van der Waals surface area (Å²) in [6, 6.07) is 13.6. The Morgan fingerprint density at radius 1 is 0.872 bits per heavy atom. The van der Waals surface area contributed by atoms with Gasteiger partial charge in [-0.15, -0.1) is 0 Å². The van der Waals surface area contributed by atoms with Crippen molar-refractivity contribution in [2.45, 2.75) is 30.6 Å². The molecular formula is C34H33NO12. The minimum atomic E-state index is -1.64. The van der Waals surface area contributed by atoms with Crippen molar-refractivity contribution in [1.29, 1.82) is 0 Å². The van der Waals surface area contributed by atoms with Crippen molar-refractivity contribution in [3.8, 4) is 28.7 Å². The summed E-state index contributed by atoms with van der Waals surface area (Å²) < 4.78 is 10.4. The maximum absolute atomic E-state index is 12.9. The molecule has 8 N–H and O–H groups in total. The van der Waals surface area contributed by atoms with Crippen LogP contribution in [0.5, 0.6) is 28.7 Å². The average Bonchev–Trinajstić information content (AvgIpc) is 3.04. The number of carbonyl (C=O) groups is 3. The zero-order chi connectivity index (χ0) is 34.0. The minimum absolute atomic E-state index is 0.286. The first-order chi connectivity index (χ1) is 22.4. The average molecular weight is 648 g/mol. The van der Waals surface area contributed by atoms with Gasteiger partial charge in [0.25, 0.3) is 0 Å². The number of aliphatic hydroxyl groups is 1. The Morgan fingerprint density at radius 2 is 1.53 bits per heavy atom. The number of methoxy groups -OCH3 is 1. The Hall–Kier alpha value is -5.69. The molecule has 0 spiro atoms. The van der Waals surface area contributed by atoms with Crippen molar-refractivity contribution in [2.24, 2.45) is 17.8 Å². The highest BCUT2D eigenvalue weighted by atomic mass is 16.6. The van der Waals surface area contributed by atoms with E-state index < -0.39 is 77.1 Å². The molecule has 47 heavy (non-hydrogen) atoms. The molecule has 13 heteroatoms. The second kappa shape index (κ2) is 13.3. The number of benzene rings is 3. The SMILES string of the molecule is COc1ccc(N[C@@H]2[C@H](O)[C@@H]3C=C(/C=C/C(=O)O[C@H](Cc4ccc(O)c(O)c4)C(=O)O)[C@H]2[C@H](C(=O)O)[C@H]3c2ccc(O)c(O)c2)cc1. The number of fused-ring (bicyclic) bond motifs is 2. The van der Waals surface area contributed by atoms with Crippen LogP contribution in [0, 0.1) is 17.8 Å². The van der Waals surface area contributed by atoms with Crippen LogP contribution in [0.15, 0.2) is 84.5 Å². The number of hydrogen-bond donors (Lipinski definition) is 8. The van der Waals surface area contributed by atoms with Crippen molar-refractivity contribution in [3.05, 3.63) is 95.6 Å². The Kier molecular flexibility index (Phi) is 9.29. The molecule has 0 aliphatic heterocycles. The number of carboxylic acid groups (broad SMARTS) is 2. The number of rotatable bonds is 11. The number of phenolic OH excluding ortho intramolecular Hbond substituents is 4. The summed E-state index contributed by atoms with van der Waals surface area (Å²) in [4.78, 5) is 37.6. The molecule has 7 atom stereocenters. The maximum atomic E-state index is 12.9. The Balaban J connectivity index is 1.46. The monoisotopic (exact) mass is 647 g/mol. The third-order valence-corrected chi connectivity index (χ3v) is 8.61. The normalized spacial score (nSPS) is 23.9. The topological polar surface area (TPSA) is 223 Å².